The molecule has 4 amide bonds. The highest BCUT2D eigenvalue weighted by Crippen LogP contribution is 2.54. The van der Waals surface area contributed by atoms with Crippen LogP contribution in [0.15, 0.2) is 60.9 Å². The van der Waals surface area contributed by atoms with Crippen molar-refractivity contribution in [2.75, 3.05) is 26.2 Å². The maximum atomic E-state index is 14.4. The predicted molar refractivity (Wildman–Crippen MR) is 205 cm³/mol. The van der Waals surface area contributed by atoms with Crippen LogP contribution in [0, 0.1) is 11.8 Å². The van der Waals surface area contributed by atoms with Gasteiger partial charge in [-0.15, -0.1) is 0 Å². The molecule has 15 heteroatoms. The molecular formula is C43H45F3N8O4. The van der Waals surface area contributed by atoms with Gasteiger partial charge in [0.15, 0.2) is 0 Å². The molecule has 302 valence electrons. The number of halogens is 3. The van der Waals surface area contributed by atoms with Crippen molar-refractivity contribution in [2.45, 2.75) is 94.0 Å². The van der Waals surface area contributed by atoms with Gasteiger partial charge in [0.2, 0.25) is 0 Å². The number of carbonyl (C=O) groups is 4. The fraction of sp³-hybridized carbons (Fsp3) is 0.488. The largest absolute Gasteiger partial charge is 0.340 e. The van der Waals surface area contributed by atoms with Gasteiger partial charge in [-0.05, 0) is 79.5 Å². The number of hydrogen-bond acceptors (Lipinski definition) is 6. The minimum absolute atomic E-state index is 0.0269. The molecule has 58 heavy (non-hydrogen) atoms. The van der Waals surface area contributed by atoms with Crippen LogP contribution in [0.3, 0.4) is 0 Å². The summed E-state index contributed by atoms with van der Waals surface area (Å²) in [6.07, 6.45) is 6.27. The van der Waals surface area contributed by atoms with Crippen molar-refractivity contribution < 1.29 is 32.3 Å². The highest BCUT2D eigenvalue weighted by atomic mass is 19.3. The van der Waals surface area contributed by atoms with Gasteiger partial charge in [-0.1, -0.05) is 48.5 Å². The summed E-state index contributed by atoms with van der Waals surface area (Å²) in [5.74, 6) is -3.30. The van der Waals surface area contributed by atoms with E-state index in [-0.39, 0.29) is 63.2 Å². The van der Waals surface area contributed by atoms with Gasteiger partial charge in [-0.2, -0.15) is 0 Å². The molecule has 12 nitrogen and oxygen atoms in total. The third-order valence-electron chi connectivity index (χ3n) is 13.5. The topological polar surface area (TPSA) is 139 Å². The van der Waals surface area contributed by atoms with Crippen molar-refractivity contribution in [3.63, 3.8) is 0 Å². The number of piperidine rings is 4. The van der Waals surface area contributed by atoms with Crippen LogP contribution < -0.4 is 0 Å². The number of nitrogens with zero attached hydrogens (tertiary/aromatic N) is 6. The Morgan fingerprint density at radius 3 is 1.36 bits per heavy atom. The van der Waals surface area contributed by atoms with E-state index < -0.39 is 48.1 Å². The second kappa shape index (κ2) is 13.6. The summed E-state index contributed by atoms with van der Waals surface area (Å²) < 4.78 is 41.7. The molecule has 4 aromatic rings. The molecule has 0 bridgehead atoms. The van der Waals surface area contributed by atoms with E-state index in [2.05, 4.69) is 19.9 Å². The maximum absolute atomic E-state index is 14.4. The van der Waals surface area contributed by atoms with Crippen molar-refractivity contribution in [1.29, 1.82) is 0 Å². The number of carbonyl (C=O) groups excluding carboxylic acids is 4. The van der Waals surface area contributed by atoms with Gasteiger partial charge in [0.1, 0.15) is 17.3 Å². The van der Waals surface area contributed by atoms with Crippen molar-refractivity contribution in [1.82, 2.24) is 39.5 Å². The van der Waals surface area contributed by atoms with Gasteiger partial charge in [0.25, 0.3) is 5.92 Å². The van der Waals surface area contributed by atoms with Crippen LogP contribution in [-0.2, 0) is 19.2 Å². The van der Waals surface area contributed by atoms with E-state index in [9.17, 15) is 32.3 Å². The maximum Gasteiger partial charge on any atom is 0.312 e. The fourth-order valence-corrected chi connectivity index (χ4v) is 9.68. The van der Waals surface area contributed by atoms with Gasteiger partial charge >= 0.3 is 23.6 Å². The summed E-state index contributed by atoms with van der Waals surface area (Å²) in [5.41, 5.74) is 4.15. The van der Waals surface area contributed by atoms with Crippen molar-refractivity contribution in [3.05, 3.63) is 72.6 Å². The van der Waals surface area contributed by atoms with E-state index in [0.29, 0.717) is 29.9 Å². The molecule has 2 aromatic heterocycles. The van der Waals surface area contributed by atoms with Crippen LogP contribution in [0.1, 0.15) is 82.0 Å². The number of amides is 4. The van der Waals surface area contributed by atoms with Crippen LogP contribution in [0.2, 0.25) is 0 Å². The Balaban J connectivity index is 0.784. The molecule has 6 fully saturated rings. The molecule has 2 N–H and O–H groups in total. The summed E-state index contributed by atoms with van der Waals surface area (Å²) >= 11 is 0. The smallest absolute Gasteiger partial charge is 0.312 e. The van der Waals surface area contributed by atoms with Crippen LogP contribution in [0.4, 0.5) is 13.2 Å². The molecule has 4 saturated heterocycles. The number of alkyl halides is 3. The Morgan fingerprint density at radius 2 is 0.948 bits per heavy atom. The number of fused-ring (bicyclic) bond motifs is 2. The molecule has 6 atom stereocenters. The summed E-state index contributed by atoms with van der Waals surface area (Å²) in [4.78, 5) is 75.4. The Bertz CT molecular complexity index is 2110. The molecule has 4 unspecified atom stereocenters. The Labute approximate surface area is 333 Å². The second-order valence-electron chi connectivity index (χ2n) is 17.4. The van der Waals surface area contributed by atoms with E-state index in [0.717, 1.165) is 52.9 Å². The first-order valence-electron chi connectivity index (χ1n) is 20.4. The molecule has 4 aliphatic heterocycles. The lowest BCUT2D eigenvalue weighted by Gasteiger charge is -2.35. The van der Waals surface area contributed by atoms with E-state index >= 15 is 0 Å². The highest BCUT2D eigenvalue weighted by Gasteiger charge is 2.58. The standard InChI is InChI=1S/C43H45F3N8O4/c1-42(44)10-14-51(15-11-42)38(55)40(57)53-32-18-28(32)20-34(53)36-47-22-30(49-36)26-6-2-24(3-7-26)25-4-8-27(9-5-25)31-23-48-37(50-31)35-21-29-19-33(29)54(35)41(58)39(56)52-16-12-43(45,46)13-17-52/h2-9,22-23,28-29,32-35H,10-21H2,1H3,(H,47,49)(H,48,50)/t28?,29-,32-,33?,34?,35?/m0/s1. The quantitative estimate of drug-likeness (QED) is 0.236. The summed E-state index contributed by atoms with van der Waals surface area (Å²) in [7, 11) is 0. The molecule has 6 heterocycles. The van der Waals surface area contributed by atoms with Gasteiger partial charge < -0.3 is 29.6 Å². The lowest BCUT2D eigenvalue weighted by atomic mass is 9.95. The van der Waals surface area contributed by atoms with Crippen molar-refractivity contribution >= 4 is 23.6 Å². The lowest BCUT2D eigenvalue weighted by Crippen LogP contribution is -2.50. The normalized spacial score (nSPS) is 27.9. The van der Waals surface area contributed by atoms with E-state index in [1.54, 1.807) is 29.1 Å². The summed E-state index contributed by atoms with van der Waals surface area (Å²) in [6.45, 7) is 1.78. The Hall–Kier alpha value is -5.47. The Morgan fingerprint density at radius 1 is 0.569 bits per heavy atom. The number of hydrogen-bond donors (Lipinski definition) is 2. The Kier molecular flexibility index (Phi) is 8.61. The number of benzene rings is 2. The van der Waals surface area contributed by atoms with E-state index in [1.165, 1.54) is 9.80 Å². The molecule has 2 saturated carbocycles. The number of H-pyrrole nitrogens is 2. The van der Waals surface area contributed by atoms with E-state index in [4.69, 9.17) is 0 Å². The predicted octanol–water partition coefficient (Wildman–Crippen LogP) is 6.07. The molecule has 2 aromatic carbocycles. The third-order valence-corrected chi connectivity index (χ3v) is 13.5. The summed E-state index contributed by atoms with van der Waals surface area (Å²) in [6, 6.07) is 15.5. The number of aromatic amines is 2. The number of rotatable bonds is 5. The van der Waals surface area contributed by atoms with Gasteiger partial charge in [0, 0.05) is 51.1 Å². The van der Waals surface area contributed by atoms with Gasteiger partial charge in [0.05, 0.1) is 35.9 Å². The minimum Gasteiger partial charge on any atom is -0.340 e. The first-order valence-corrected chi connectivity index (χ1v) is 20.4. The number of imidazole rings is 2. The van der Waals surface area contributed by atoms with Crippen LogP contribution in [-0.4, -0.2) is 113 Å². The minimum atomic E-state index is -2.80. The first kappa shape index (κ1) is 36.8. The second-order valence-corrected chi connectivity index (χ2v) is 17.4. The van der Waals surface area contributed by atoms with Crippen LogP contribution in [0.5, 0.6) is 0 Å². The number of aromatic nitrogens is 4. The van der Waals surface area contributed by atoms with Crippen molar-refractivity contribution in [2.24, 2.45) is 11.8 Å². The molecule has 6 aliphatic rings. The molecule has 0 spiro atoms. The monoisotopic (exact) mass is 794 g/mol. The number of likely N-dealkylation sites (tertiary alicyclic amines) is 4. The van der Waals surface area contributed by atoms with E-state index in [1.807, 2.05) is 48.5 Å². The average Bonchev–Trinajstić information content (AvgIpc) is 3.81. The van der Waals surface area contributed by atoms with Gasteiger partial charge in [-0.25, -0.2) is 23.1 Å². The zero-order valence-corrected chi connectivity index (χ0v) is 32.2. The molecule has 2 aliphatic carbocycles. The van der Waals surface area contributed by atoms with Crippen molar-refractivity contribution in [3.8, 4) is 33.6 Å². The zero-order valence-electron chi connectivity index (χ0n) is 32.2. The lowest BCUT2D eigenvalue weighted by molar-refractivity contribution is -0.156. The average molecular weight is 795 g/mol. The van der Waals surface area contributed by atoms with Crippen LogP contribution in [0.25, 0.3) is 33.6 Å². The first-order chi connectivity index (χ1) is 27.8. The molecular weight excluding hydrogens is 750 g/mol. The van der Waals surface area contributed by atoms with Gasteiger partial charge in [-0.3, -0.25) is 19.2 Å². The fourth-order valence-electron chi connectivity index (χ4n) is 9.68. The molecule has 0 radical (unpaired) electrons. The number of nitrogens with one attached hydrogen (secondary N) is 2. The zero-order chi connectivity index (χ0) is 40.1. The SMILES string of the molecule is CC1(F)CCN(C(=O)C(=O)N2C(c3ncc(-c4ccc(-c5ccc(-c6cnc(C7C[C@@H]8CC8N7C(=O)C(=O)N7CCC(F)(F)CC7)[nH]6)cc5)cc4)[nH]3)CC3C[C@@H]32)CC1. The summed E-state index contributed by atoms with van der Waals surface area (Å²) in [5, 5.41) is 0. The molecule has 10 rings (SSSR count). The highest BCUT2D eigenvalue weighted by molar-refractivity contribution is 6.35. The van der Waals surface area contributed by atoms with Crippen LogP contribution >= 0.6 is 0 Å². The third kappa shape index (κ3) is 6.65.